The van der Waals surface area contributed by atoms with Gasteiger partial charge in [-0.3, -0.25) is 9.89 Å². The van der Waals surface area contributed by atoms with E-state index < -0.39 is 0 Å². The number of aromatic nitrogens is 2. The van der Waals surface area contributed by atoms with Gasteiger partial charge in [-0.25, -0.2) is 0 Å². The fraction of sp³-hybridized carbons (Fsp3) is 0.500. The molecule has 26 heavy (non-hydrogen) atoms. The highest BCUT2D eigenvalue weighted by atomic mass is 79.9. The van der Waals surface area contributed by atoms with Crippen LogP contribution in [0.5, 0.6) is 0 Å². The molecule has 0 amide bonds. The summed E-state index contributed by atoms with van der Waals surface area (Å²) in [7, 11) is 1.81. The Balaban J connectivity index is 1.52. The first kappa shape index (κ1) is 18.8. The number of hydrogen-bond donors (Lipinski definition) is 1. The summed E-state index contributed by atoms with van der Waals surface area (Å²) in [5.74, 6) is 2.10. The maximum Gasteiger partial charge on any atom is 0.223 e. The molecule has 0 saturated carbocycles. The van der Waals surface area contributed by atoms with Gasteiger partial charge in [0.25, 0.3) is 0 Å². The molecule has 7 nitrogen and oxygen atoms in total. The number of halogens is 1. The molecule has 1 aliphatic heterocycles. The van der Waals surface area contributed by atoms with Gasteiger partial charge >= 0.3 is 0 Å². The van der Waals surface area contributed by atoms with E-state index in [0.717, 1.165) is 36.6 Å². The predicted octanol–water partition coefficient (Wildman–Crippen LogP) is 2.59. The van der Waals surface area contributed by atoms with Gasteiger partial charge in [0.2, 0.25) is 5.89 Å². The van der Waals surface area contributed by atoms with Gasteiger partial charge < -0.3 is 14.7 Å². The highest BCUT2D eigenvalue weighted by Gasteiger charge is 2.23. The van der Waals surface area contributed by atoms with Gasteiger partial charge in [-0.15, -0.1) is 0 Å². The highest BCUT2D eigenvalue weighted by Crippen LogP contribution is 2.23. The molecular weight excluding hydrogens is 396 g/mol. The Labute approximate surface area is 162 Å². The highest BCUT2D eigenvalue weighted by molar-refractivity contribution is 9.10. The summed E-state index contributed by atoms with van der Waals surface area (Å²) < 4.78 is 6.12. The Morgan fingerprint density at radius 2 is 1.96 bits per heavy atom. The molecule has 1 aromatic heterocycles. The van der Waals surface area contributed by atoms with Crippen molar-refractivity contribution in [2.45, 2.75) is 26.4 Å². The third kappa shape index (κ3) is 4.62. The number of rotatable bonds is 4. The van der Waals surface area contributed by atoms with Gasteiger partial charge in [0.1, 0.15) is 0 Å². The lowest BCUT2D eigenvalue weighted by Gasteiger charge is -2.39. The predicted molar refractivity (Wildman–Crippen MR) is 105 cm³/mol. The molecule has 0 spiro atoms. The fourth-order valence-electron chi connectivity index (χ4n) is 3.18. The molecule has 1 aliphatic rings. The molecule has 8 heteroatoms. The molecular formula is C18H25BrN6O. The lowest BCUT2D eigenvalue weighted by atomic mass is 10.1. The number of piperazine rings is 1. The van der Waals surface area contributed by atoms with Gasteiger partial charge in [-0.1, -0.05) is 33.2 Å². The van der Waals surface area contributed by atoms with E-state index in [9.17, 15) is 0 Å². The number of hydrogen-bond acceptors (Lipinski definition) is 5. The third-order valence-corrected chi connectivity index (χ3v) is 5.23. The van der Waals surface area contributed by atoms with Crippen molar-refractivity contribution in [3.8, 4) is 0 Å². The number of aliphatic imine (C=N–C) groups is 1. The topological polar surface area (TPSA) is 69.8 Å². The van der Waals surface area contributed by atoms with E-state index in [4.69, 9.17) is 4.52 Å². The van der Waals surface area contributed by atoms with Crippen LogP contribution < -0.4 is 5.32 Å². The van der Waals surface area contributed by atoms with Crippen LogP contribution in [0.2, 0.25) is 0 Å². The molecule has 140 valence electrons. The van der Waals surface area contributed by atoms with Crippen LogP contribution in [0.15, 0.2) is 38.3 Å². The molecule has 1 saturated heterocycles. The second-order valence-electron chi connectivity index (χ2n) is 6.38. The van der Waals surface area contributed by atoms with Crippen molar-refractivity contribution in [1.29, 1.82) is 0 Å². The quantitative estimate of drug-likeness (QED) is 0.605. The molecule has 1 N–H and O–H groups in total. The maximum atomic E-state index is 5.00. The van der Waals surface area contributed by atoms with Gasteiger partial charge in [0.15, 0.2) is 11.8 Å². The Morgan fingerprint density at radius 1 is 1.27 bits per heavy atom. The van der Waals surface area contributed by atoms with Gasteiger partial charge in [0.05, 0.1) is 6.54 Å². The van der Waals surface area contributed by atoms with E-state index in [1.807, 2.05) is 0 Å². The first-order valence-electron chi connectivity index (χ1n) is 8.81. The monoisotopic (exact) mass is 420 g/mol. The second kappa shape index (κ2) is 8.64. The number of nitrogens with zero attached hydrogens (tertiary/aromatic N) is 5. The smallest absolute Gasteiger partial charge is 0.223 e. The van der Waals surface area contributed by atoms with Crippen molar-refractivity contribution >= 4 is 21.9 Å². The standard InChI is InChI=1S/C18H25BrN6O/c1-13(15-4-6-16(19)7-5-15)24-8-10-25(11-9-24)18(20-3)21-12-17-22-14(2)26-23-17/h4-7,13H,8-12H2,1-3H3,(H,20,21). The molecule has 0 radical (unpaired) electrons. The minimum absolute atomic E-state index is 0.405. The van der Waals surface area contributed by atoms with E-state index in [2.05, 4.69) is 77.4 Å². The normalized spacial score (nSPS) is 17.4. The van der Waals surface area contributed by atoms with Crippen LogP contribution in [0.3, 0.4) is 0 Å². The van der Waals surface area contributed by atoms with E-state index in [1.54, 1.807) is 14.0 Å². The molecule has 1 unspecified atom stereocenters. The van der Waals surface area contributed by atoms with Gasteiger partial charge in [-0.2, -0.15) is 4.98 Å². The van der Waals surface area contributed by atoms with Crippen LogP contribution in [0.25, 0.3) is 0 Å². The molecule has 1 fully saturated rings. The van der Waals surface area contributed by atoms with Crippen molar-refractivity contribution in [2.75, 3.05) is 33.2 Å². The summed E-state index contributed by atoms with van der Waals surface area (Å²) in [6, 6.07) is 8.99. The zero-order valence-electron chi connectivity index (χ0n) is 15.4. The number of aryl methyl sites for hydroxylation is 1. The average molecular weight is 421 g/mol. The van der Waals surface area contributed by atoms with Crippen LogP contribution >= 0.6 is 15.9 Å². The summed E-state index contributed by atoms with van der Waals surface area (Å²) in [5.41, 5.74) is 1.34. The third-order valence-electron chi connectivity index (χ3n) is 4.70. The van der Waals surface area contributed by atoms with Crippen molar-refractivity contribution in [2.24, 2.45) is 4.99 Å². The number of guanidine groups is 1. The number of nitrogens with one attached hydrogen (secondary N) is 1. The zero-order valence-corrected chi connectivity index (χ0v) is 17.0. The molecule has 0 aliphatic carbocycles. The van der Waals surface area contributed by atoms with Crippen LogP contribution in [0.4, 0.5) is 0 Å². The molecule has 3 rings (SSSR count). The lowest BCUT2D eigenvalue weighted by Crippen LogP contribution is -2.52. The minimum atomic E-state index is 0.405. The lowest BCUT2D eigenvalue weighted by molar-refractivity contribution is 0.138. The SMILES string of the molecule is CN=C(NCc1noc(C)n1)N1CCN(C(C)c2ccc(Br)cc2)CC1. The summed E-state index contributed by atoms with van der Waals surface area (Å²) in [6.45, 7) is 8.44. The summed E-state index contributed by atoms with van der Waals surface area (Å²) >= 11 is 3.50. The Bertz CT molecular complexity index is 736. The van der Waals surface area contributed by atoms with Crippen molar-refractivity contribution < 1.29 is 4.52 Å². The van der Waals surface area contributed by atoms with Crippen LogP contribution in [-0.4, -0.2) is 59.1 Å². The summed E-state index contributed by atoms with van der Waals surface area (Å²) in [6.07, 6.45) is 0. The van der Waals surface area contributed by atoms with E-state index in [-0.39, 0.29) is 0 Å². The fourth-order valence-corrected chi connectivity index (χ4v) is 3.44. The summed E-state index contributed by atoms with van der Waals surface area (Å²) in [5, 5.41) is 7.23. The first-order chi connectivity index (χ1) is 12.6. The van der Waals surface area contributed by atoms with E-state index >= 15 is 0 Å². The molecule has 2 heterocycles. The van der Waals surface area contributed by atoms with Crippen molar-refractivity contribution in [3.05, 3.63) is 46.0 Å². The maximum absolute atomic E-state index is 5.00. The minimum Gasteiger partial charge on any atom is -0.349 e. The number of benzene rings is 1. The van der Waals surface area contributed by atoms with Crippen LogP contribution in [0, 0.1) is 6.92 Å². The second-order valence-corrected chi connectivity index (χ2v) is 7.30. The average Bonchev–Trinajstić information content (AvgIpc) is 3.08. The van der Waals surface area contributed by atoms with Crippen LogP contribution in [0.1, 0.15) is 30.2 Å². The molecule has 1 aromatic carbocycles. The summed E-state index contributed by atoms with van der Waals surface area (Å²) in [4.78, 5) is 13.4. The Kier molecular flexibility index (Phi) is 6.26. The van der Waals surface area contributed by atoms with E-state index in [0.29, 0.717) is 24.3 Å². The first-order valence-corrected chi connectivity index (χ1v) is 9.60. The van der Waals surface area contributed by atoms with Gasteiger partial charge in [0, 0.05) is 50.7 Å². The molecule has 2 aromatic rings. The van der Waals surface area contributed by atoms with E-state index in [1.165, 1.54) is 5.56 Å². The van der Waals surface area contributed by atoms with Crippen molar-refractivity contribution in [3.63, 3.8) is 0 Å². The zero-order chi connectivity index (χ0) is 18.5. The largest absolute Gasteiger partial charge is 0.349 e. The Hall–Kier alpha value is -1.93. The molecule has 1 atom stereocenters. The van der Waals surface area contributed by atoms with Crippen molar-refractivity contribution in [1.82, 2.24) is 25.3 Å². The van der Waals surface area contributed by atoms with Gasteiger partial charge in [-0.05, 0) is 24.6 Å². The Morgan fingerprint density at radius 3 is 2.54 bits per heavy atom. The molecule has 0 bridgehead atoms. The van der Waals surface area contributed by atoms with Crippen LogP contribution in [-0.2, 0) is 6.54 Å².